The molecule has 3 aromatic carbocycles. The molecule has 0 aliphatic carbocycles. The SMILES string of the molecule is Cc1c(NC(=O)C(C)C)cccc1C1CCN(CCCNC(=O)C(c2ccccc2)c2ccccc2)CC1. The first-order valence-electron chi connectivity index (χ1n) is 13.9. The maximum absolute atomic E-state index is 13.2. The number of rotatable bonds is 10. The van der Waals surface area contributed by atoms with Crippen molar-refractivity contribution in [3.8, 4) is 0 Å². The highest BCUT2D eigenvalue weighted by Gasteiger charge is 2.24. The number of likely N-dealkylation sites (tertiary alicyclic amines) is 1. The van der Waals surface area contributed by atoms with E-state index in [0.29, 0.717) is 12.5 Å². The smallest absolute Gasteiger partial charge is 0.232 e. The summed E-state index contributed by atoms with van der Waals surface area (Å²) in [6.45, 7) is 9.72. The molecule has 0 saturated carbocycles. The highest BCUT2D eigenvalue weighted by Crippen LogP contribution is 2.33. The van der Waals surface area contributed by atoms with Crippen LogP contribution in [0.5, 0.6) is 0 Å². The van der Waals surface area contributed by atoms with Crippen LogP contribution in [0.4, 0.5) is 5.69 Å². The van der Waals surface area contributed by atoms with Crippen molar-refractivity contribution in [2.75, 3.05) is 31.5 Å². The Bertz CT molecular complexity index is 1150. The molecule has 200 valence electrons. The highest BCUT2D eigenvalue weighted by molar-refractivity contribution is 5.93. The molecule has 3 aromatic rings. The van der Waals surface area contributed by atoms with Crippen LogP contribution in [0.3, 0.4) is 0 Å². The maximum atomic E-state index is 13.2. The van der Waals surface area contributed by atoms with Gasteiger partial charge in [0.2, 0.25) is 11.8 Å². The molecule has 4 rings (SSSR count). The number of carbonyl (C=O) groups is 2. The Morgan fingerprint density at radius 3 is 2.03 bits per heavy atom. The van der Waals surface area contributed by atoms with Gasteiger partial charge in [0.15, 0.2) is 0 Å². The van der Waals surface area contributed by atoms with Crippen LogP contribution in [0, 0.1) is 12.8 Å². The molecular formula is C33H41N3O2. The van der Waals surface area contributed by atoms with E-state index in [-0.39, 0.29) is 23.7 Å². The quantitative estimate of drug-likeness (QED) is 0.323. The van der Waals surface area contributed by atoms with Gasteiger partial charge in [-0.15, -0.1) is 0 Å². The van der Waals surface area contributed by atoms with Gasteiger partial charge in [-0.2, -0.15) is 0 Å². The summed E-state index contributed by atoms with van der Waals surface area (Å²) in [6.07, 6.45) is 3.15. The largest absolute Gasteiger partial charge is 0.355 e. The first-order valence-corrected chi connectivity index (χ1v) is 13.9. The minimum atomic E-state index is -0.294. The van der Waals surface area contributed by atoms with Crippen molar-refractivity contribution in [1.82, 2.24) is 10.2 Å². The molecule has 38 heavy (non-hydrogen) atoms. The van der Waals surface area contributed by atoms with Gasteiger partial charge in [0.1, 0.15) is 0 Å². The minimum Gasteiger partial charge on any atom is -0.355 e. The molecule has 1 saturated heterocycles. The second kappa shape index (κ2) is 13.4. The molecular weight excluding hydrogens is 470 g/mol. The molecule has 0 bridgehead atoms. The van der Waals surface area contributed by atoms with Crippen molar-refractivity contribution < 1.29 is 9.59 Å². The normalized spacial score (nSPS) is 14.6. The number of hydrogen-bond donors (Lipinski definition) is 2. The average Bonchev–Trinajstić information content (AvgIpc) is 2.94. The van der Waals surface area contributed by atoms with Gasteiger partial charge < -0.3 is 15.5 Å². The van der Waals surface area contributed by atoms with Gasteiger partial charge >= 0.3 is 0 Å². The van der Waals surface area contributed by atoms with Gasteiger partial charge in [-0.1, -0.05) is 86.6 Å². The Morgan fingerprint density at radius 1 is 0.842 bits per heavy atom. The molecule has 0 radical (unpaired) electrons. The van der Waals surface area contributed by atoms with Crippen LogP contribution in [0.1, 0.15) is 67.2 Å². The van der Waals surface area contributed by atoms with E-state index in [9.17, 15) is 9.59 Å². The van der Waals surface area contributed by atoms with Gasteiger partial charge in [0.25, 0.3) is 0 Å². The second-order valence-electron chi connectivity index (χ2n) is 10.7. The lowest BCUT2D eigenvalue weighted by Crippen LogP contribution is -2.36. The Labute approximate surface area is 227 Å². The molecule has 2 amide bonds. The van der Waals surface area contributed by atoms with Crippen molar-refractivity contribution in [3.05, 3.63) is 101 Å². The summed E-state index contributed by atoms with van der Waals surface area (Å²) in [5, 5.41) is 6.28. The predicted molar refractivity (Wildman–Crippen MR) is 155 cm³/mol. The maximum Gasteiger partial charge on any atom is 0.232 e. The van der Waals surface area contributed by atoms with E-state index in [4.69, 9.17) is 0 Å². The summed E-state index contributed by atoms with van der Waals surface area (Å²) in [5.41, 5.74) is 5.51. The highest BCUT2D eigenvalue weighted by atomic mass is 16.2. The average molecular weight is 512 g/mol. The Morgan fingerprint density at radius 2 is 1.45 bits per heavy atom. The number of anilines is 1. The van der Waals surface area contributed by atoms with E-state index in [1.54, 1.807) is 0 Å². The van der Waals surface area contributed by atoms with Crippen LogP contribution in [0.25, 0.3) is 0 Å². The first-order chi connectivity index (χ1) is 18.4. The third-order valence-corrected chi connectivity index (χ3v) is 7.66. The van der Waals surface area contributed by atoms with E-state index in [1.807, 2.05) is 80.6 Å². The number of nitrogens with one attached hydrogen (secondary N) is 2. The van der Waals surface area contributed by atoms with Crippen molar-refractivity contribution in [1.29, 1.82) is 0 Å². The zero-order valence-electron chi connectivity index (χ0n) is 23.0. The second-order valence-corrected chi connectivity index (χ2v) is 10.7. The topological polar surface area (TPSA) is 61.4 Å². The fourth-order valence-electron chi connectivity index (χ4n) is 5.38. The van der Waals surface area contributed by atoms with Gasteiger partial charge in [0, 0.05) is 18.2 Å². The molecule has 0 unspecified atom stereocenters. The van der Waals surface area contributed by atoms with Crippen molar-refractivity contribution >= 4 is 17.5 Å². The molecule has 1 heterocycles. The fraction of sp³-hybridized carbons (Fsp3) is 0.394. The number of nitrogens with zero attached hydrogens (tertiary/aromatic N) is 1. The summed E-state index contributed by atoms with van der Waals surface area (Å²) in [7, 11) is 0. The van der Waals surface area contributed by atoms with Crippen LogP contribution in [0.2, 0.25) is 0 Å². The Balaban J connectivity index is 1.25. The lowest BCUT2D eigenvalue weighted by Gasteiger charge is -2.33. The van der Waals surface area contributed by atoms with Crippen LogP contribution >= 0.6 is 0 Å². The molecule has 1 aliphatic heterocycles. The first kappa shape index (κ1) is 27.6. The number of amides is 2. The number of benzene rings is 3. The van der Waals surface area contributed by atoms with Crippen LogP contribution in [0.15, 0.2) is 78.9 Å². The Kier molecular flexibility index (Phi) is 9.72. The van der Waals surface area contributed by atoms with E-state index >= 15 is 0 Å². The molecule has 2 N–H and O–H groups in total. The molecule has 1 fully saturated rings. The lowest BCUT2D eigenvalue weighted by molar-refractivity contribution is -0.121. The molecule has 0 aromatic heterocycles. The van der Waals surface area contributed by atoms with E-state index in [2.05, 4.69) is 34.6 Å². The molecule has 0 spiro atoms. The predicted octanol–water partition coefficient (Wildman–Crippen LogP) is 6.11. The number of piperidine rings is 1. The van der Waals surface area contributed by atoms with E-state index in [0.717, 1.165) is 55.7 Å². The van der Waals surface area contributed by atoms with Crippen molar-refractivity contribution in [3.63, 3.8) is 0 Å². The summed E-state index contributed by atoms with van der Waals surface area (Å²) >= 11 is 0. The summed E-state index contributed by atoms with van der Waals surface area (Å²) < 4.78 is 0. The van der Waals surface area contributed by atoms with Gasteiger partial charge in [-0.3, -0.25) is 9.59 Å². The monoisotopic (exact) mass is 511 g/mol. The van der Waals surface area contributed by atoms with Gasteiger partial charge in [0.05, 0.1) is 5.92 Å². The van der Waals surface area contributed by atoms with Gasteiger partial charge in [-0.25, -0.2) is 0 Å². The minimum absolute atomic E-state index is 0.0337. The molecule has 0 atom stereocenters. The summed E-state index contributed by atoms with van der Waals surface area (Å²) in [6, 6.07) is 26.3. The van der Waals surface area contributed by atoms with Crippen molar-refractivity contribution in [2.45, 2.75) is 51.9 Å². The molecule has 5 heteroatoms. The lowest BCUT2D eigenvalue weighted by atomic mass is 9.86. The van der Waals surface area contributed by atoms with Gasteiger partial charge in [-0.05, 0) is 80.1 Å². The Hall–Kier alpha value is -3.44. The van der Waals surface area contributed by atoms with Crippen LogP contribution in [-0.2, 0) is 9.59 Å². The number of hydrogen-bond acceptors (Lipinski definition) is 3. The van der Waals surface area contributed by atoms with Crippen molar-refractivity contribution in [2.24, 2.45) is 5.92 Å². The zero-order valence-corrected chi connectivity index (χ0v) is 23.0. The third kappa shape index (κ3) is 7.11. The zero-order chi connectivity index (χ0) is 26.9. The summed E-state index contributed by atoms with van der Waals surface area (Å²) in [5.74, 6) is 0.303. The molecule has 1 aliphatic rings. The van der Waals surface area contributed by atoms with E-state index < -0.39 is 0 Å². The number of carbonyl (C=O) groups excluding carboxylic acids is 2. The molecule has 5 nitrogen and oxygen atoms in total. The third-order valence-electron chi connectivity index (χ3n) is 7.66. The fourth-order valence-corrected chi connectivity index (χ4v) is 5.38. The summed E-state index contributed by atoms with van der Waals surface area (Å²) in [4.78, 5) is 27.9. The standard InChI is InChI=1S/C33H41N3O2/c1-24(2)32(37)35-30-17-10-16-29(25(30)3)26-18-22-36(23-19-26)21-11-20-34-33(38)31(27-12-6-4-7-13-27)28-14-8-5-9-15-28/h4-10,12-17,24,26,31H,11,18-23H2,1-3H3,(H,34,38)(H,35,37). The van der Waals surface area contributed by atoms with Crippen LogP contribution < -0.4 is 10.6 Å². The van der Waals surface area contributed by atoms with E-state index in [1.165, 1.54) is 11.1 Å². The van der Waals surface area contributed by atoms with Crippen LogP contribution in [-0.4, -0.2) is 42.9 Å².